The second kappa shape index (κ2) is 9.70. The minimum atomic E-state index is -0.441. The van der Waals surface area contributed by atoms with Crippen LogP contribution in [0.5, 0.6) is 0 Å². The molecule has 0 aliphatic heterocycles. The molecule has 0 aliphatic carbocycles. The first-order chi connectivity index (χ1) is 15.1. The van der Waals surface area contributed by atoms with Crippen molar-refractivity contribution in [1.29, 1.82) is 0 Å². The SMILES string of the molecule is CC(C)(C)c1ccc(C(=O)Nc2ccc(NC(=S)NC(=O)c3ccc(F)cc3)cc2)cc1. The van der Waals surface area contributed by atoms with E-state index in [1.165, 1.54) is 24.3 Å². The molecule has 0 atom stereocenters. The second-order valence-electron chi connectivity index (χ2n) is 8.27. The van der Waals surface area contributed by atoms with Gasteiger partial charge in [0.15, 0.2) is 5.11 Å². The molecule has 0 saturated heterocycles. The third kappa shape index (κ3) is 6.21. The highest BCUT2D eigenvalue weighted by atomic mass is 32.1. The monoisotopic (exact) mass is 449 g/mol. The summed E-state index contributed by atoms with van der Waals surface area (Å²) in [7, 11) is 0. The molecule has 0 aromatic heterocycles. The molecule has 0 saturated carbocycles. The van der Waals surface area contributed by atoms with Crippen LogP contribution in [0, 0.1) is 5.82 Å². The van der Waals surface area contributed by atoms with Gasteiger partial charge in [0.25, 0.3) is 11.8 Å². The second-order valence-corrected chi connectivity index (χ2v) is 8.68. The predicted molar refractivity (Wildman–Crippen MR) is 130 cm³/mol. The number of rotatable bonds is 4. The molecule has 5 nitrogen and oxygen atoms in total. The quantitative estimate of drug-likeness (QED) is 0.460. The molecule has 3 rings (SSSR count). The van der Waals surface area contributed by atoms with E-state index in [9.17, 15) is 14.0 Å². The van der Waals surface area contributed by atoms with E-state index in [-0.39, 0.29) is 16.4 Å². The Bertz CT molecular complexity index is 1120. The summed E-state index contributed by atoms with van der Waals surface area (Å²) < 4.78 is 13.0. The maximum Gasteiger partial charge on any atom is 0.257 e. The van der Waals surface area contributed by atoms with Gasteiger partial charge < -0.3 is 10.6 Å². The van der Waals surface area contributed by atoms with Crippen LogP contribution < -0.4 is 16.0 Å². The van der Waals surface area contributed by atoms with Crippen LogP contribution in [0.4, 0.5) is 15.8 Å². The summed E-state index contributed by atoms with van der Waals surface area (Å²) in [4.78, 5) is 24.6. The molecule has 164 valence electrons. The van der Waals surface area contributed by atoms with Gasteiger partial charge in [-0.1, -0.05) is 32.9 Å². The average Bonchev–Trinajstić information content (AvgIpc) is 2.75. The Morgan fingerprint density at radius 1 is 0.719 bits per heavy atom. The van der Waals surface area contributed by atoms with Gasteiger partial charge in [0.2, 0.25) is 0 Å². The van der Waals surface area contributed by atoms with Crippen LogP contribution >= 0.6 is 12.2 Å². The predicted octanol–water partition coefficient (Wildman–Crippen LogP) is 5.50. The standard InChI is InChI=1S/C25H24FN3O2S/c1-25(2,3)18-8-4-16(5-9-18)22(30)27-20-12-14-21(15-13-20)28-24(32)29-23(31)17-6-10-19(26)11-7-17/h4-15H,1-3H3,(H,27,30)(H2,28,29,31,32). The van der Waals surface area contributed by atoms with Crippen molar-refractivity contribution < 1.29 is 14.0 Å². The van der Waals surface area contributed by atoms with Crippen LogP contribution in [-0.4, -0.2) is 16.9 Å². The largest absolute Gasteiger partial charge is 0.332 e. The van der Waals surface area contributed by atoms with Gasteiger partial charge in [-0.05, 0) is 83.9 Å². The first-order valence-corrected chi connectivity index (χ1v) is 10.4. The zero-order valence-corrected chi connectivity index (χ0v) is 18.8. The van der Waals surface area contributed by atoms with Crippen molar-refractivity contribution >= 4 is 40.5 Å². The zero-order chi connectivity index (χ0) is 23.3. The average molecular weight is 450 g/mol. The van der Waals surface area contributed by atoms with E-state index in [1.807, 2.05) is 24.3 Å². The van der Waals surface area contributed by atoms with Crippen molar-refractivity contribution in [3.8, 4) is 0 Å². The fraction of sp³-hybridized carbons (Fsp3) is 0.160. The van der Waals surface area contributed by atoms with Crippen LogP contribution in [-0.2, 0) is 5.41 Å². The molecular formula is C25H24FN3O2S. The summed E-state index contributed by atoms with van der Waals surface area (Å²) in [5.74, 6) is -1.06. The van der Waals surface area contributed by atoms with E-state index in [1.54, 1.807) is 24.3 Å². The number of anilines is 2. The van der Waals surface area contributed by atoms with Gasteiger partial charge in [-0.2, -0.15) is 0 Å². The number of thiocarbonyl (C=S) groups is 1. The van der Waals surface area contributed by atoms with Crippen molar-refractivity contribution in [3.05, 3.63) is 95.3 Å². The first kappa shape index (κ1) is 23.1. The summed E-state index contributed by atoms with van der Waals surface area (Å²) in [6.45, 7) is 6.37. The minimum Gasteiger partial charge on any atom is -0.332 e. The van der Waals surface area contributed by atoms with Gasteiger partial charge in [-0.25, -0.2) is 4.39 Å². The van der Waals surface area contributed by atoms with E-state index in [4.69, 9.17) is 12.2 Å². The number of carbonyl (C=O) groups excluding carboxylic acids is 2. The van der Waals surface area contributed by atoms with Crippen molar-refractivity contribution in [1.82, 2.24) is 5.32 Å². The zero-order valence-electron chi connectivity index (χ0n) is 18.0. The molecule has 7 heteroatoms. The Morgan fingerprint density at radius 3 is 1.72 bits per heavy atom. The molecular weight excluding hydrogens is 425 g/mol. The molecule has 0 bridgehead atoms. The lowest BCUT2D eigenvalue weighted by Gasteiger charge is -2.19. The molecule has 3 N–H and O–H groups in total. The van der Waals surface area contributed by atoms with Gasteiger partial charge in [0, 0.05) is 22.5 Å². The maximum atomic E-state index is 13.0. The molecule has 2 amide bonds. The summed E-state index contributed by atoms with van der Waals surface area (Å²) in [6, 6.07) is 19.6. The summed E-state index contributed by atoms with van der Waals surface area (Å²) in [5, 5.41) is 8.40. The van der Waals surface area contributed by atoms with Gasteiger partial charge in [-0.15, -0.1) is 0 Å². The van der Waals surface area contributed by atoms with E-state index in [0.29, 0.717) is 22.5 Å². The topological polar surface area (TPSA) is 70.2 Å². The lowest BCUT2D eigenvalue weighted by atomic mass is 9.87. The van der Waals surface area contributed by atoms with Crippen LogP contribution in [0.3, 0.4) is 0 Å². The van der Waals surface area contributed by atoms with Crippen molar-refractivity contribution in [2.75, 3.05) is 10.6 Å². The summed E-state index contributed by atoms with van der Waals surface area (Å²) >= 11 is 5.15. The van der Waals surface area contributed by atoms with Crippen LogP contribution in [0.15, 0.2) is 72.8 Å². The Labute approximate surface area is 192 Å². The smallest absolute Gasteiger partial charge is 0.257 e. The minimum absolute atomic E-state index is 0.0247. The Kier molecular flexibility index (Phi) is 7.00. The molecule has 0 spiro atoms. The van der Waals surface area contributed by atoms with Crippen LogP contribution in [0.2, 0.25) is 0 Å². The fourth-order valence-corrected chi connectivity index (χ4v) is 3.11. The van der Waals surface area contributed by atoms with Crippen molar-refractivity contribution in [2.45, 2.75) is 26.2 Å². The number of benzene rings is 3. The van der Waals surface area contributed by atoms with E-state index < -0.39 is 11.7 Å². The summed E-state index contributed by atoms with van der Waals surface area (Å²) in [6.07, 6.45) is 0. The number of nitrogens with one attached hydrogen (secondary N) is 3. The van der Waals surface area contributed by atoms with Gasteiger partial charge in [-0.3, -0.25) is 14.9 Å². The highest BCUT2D eigenvalue weighted by molar-refractivity contribution is 7.80. The fourth-order valence-electron chi connectivity index (χ4n) is 2.90. The molecule has 0 fully saturated rings. The van der Waals surface area contributed by atoms with Crippen LogP contribution in [0.25, 0.3) is 0 Å². The molecule has 0 radical (unpaired) electrons. The van der Waals surface area contributed by atoms with Gasteiger partial charge in [0.1, 0.15) is 5.82 Å². The van der Waals surface area contributed by atoms with Gasteiger partial charge >= 0.3 is 0 Å². The van der Waals surface area contributed by atoms with E-state index in [0.717, 1.165) is 5.56 Å². The Morgan fingerprint density at radius 2 is 1.19 bits per heavy atom. The van der Waals surface area contributed by atoms with Crippen molar-refractivity contribution in [3.63, 3.8) is 0 Å². The number of hydrogen-bond donors (Lipinski definition) is 3. The molecule has 32 heavy (non-hydrogen) atoms. The van der Waals surface area contributed by atoms with Crippen LogP contribution in [0.1, 0.15) is 47.1 Å². The number of halogens is 1. The lowest BCUT2D eigenvalue weighted by Crippen LogP contribution is -2.34. The molecule has 0 heterocycles. The van der Waals surface area contributed by atoms with E-state index >= 15 is 0 Å². The molecule has 0 unspecified atom stereocenters. The number of hydrogen-bond acceptors (Lipinski definition) is 3. The van der Waals surface area contributed by atoms with Gasteiger partial charge in [0.05, 0.1) is 0 Å². The number of amides is 2. The highest BCUT2D eigenvalue weighted by Gasteiger charge is 2.14. The highest BCUT2D eigenvalue weighted by Crippen LogP contribution is 2.22. The van der Waals surface area contributed by atoms with Crippen molar-refractivity contribution in [2.24, 2.45) is 0 Å². The lowest BCUT2D eigenvalue weighted by molar-refractivity contribution is 0.0976. The normalized spacial score (nSPS) is 10.9. The number of carbonyl (C=O) groups is 2. The molecule has 3 aromatic rings. The summed E-state index contributed by atoms with van der Waals surface area (Å²) in [5.41, 5.74) is 3.32. The molecule has 0 aliphatic rings. The maximum absolute atomic E-state index is 13.0. The molecule has 3 aromatic carbocycles. The third-order valence-corrected chi connectivity index (χ3v) is 4.95. The van der Waals surface area contributed by atoms with E-state index in [2.05, 4.69) is 36.7 Å². The Hall–Kier alpha value is -3.58. The first-order valence-electron chi connectivity index (χ1n) is 10.0. The Balaban J connectivity index is 1.55. The third-order valence-electron chi connectivity index (χ3n) is 4.75.